The predicted molar refractivity (Wildman–Crippen MR) is 181 cm³/mol. The number of ether oxygens (including phenoxy) is 3. The van der Waals surface area contributed by atoms with Crippen LogP contribution in [0.3, 0.4) is 0 Å². The second kappa shape index (κ2) is 14.6. The molecule has 3 aromatic heterocycles. The Labute approximate surface area is 282 Å². The van der Waals surface area contributed by atoms with E-state index in [1.54, 1.807) is 41.7 Å². The Morgan fingerprint density at radius 1 is 1.06 bits per heavy atom. The van der Waals surface area contributed by atoms with Crippen molar-refractivity contribution in [2.24, 2.45) is 0 Å². The van der Waals surface area contributed by atoms with E-state index in [1.807, 2.05) is 67.1 Å². The molecule has 14 heteroatoms. The zero-order valence-electron chi connectivity index (χ0n) is 26.1. The molecule has 4 heterocycles. The minimum absolute atomic E-state index is 0.0552. The van der Waals surface area contributed by atoms with Crippen molar-refractivity contribution in [3.05, 3.63) is 112 Å². The monoisotopic (exact) mass is 678 g/mol. The third-order valence-corrected chi connectivity index (χ3v) is 8.48. The van der Waals surface area contributed by atoms with Gasteiger partial charge in [-0.15, -0.1) is 0 Å². The quantitative estimate of drug-likeness (QED) is 0.141. The molecular weight excluding hydrogens is 643 g/mol. The fraction of sp³-hybridized carbons (Fsp3) is 0.333. The number of rotatable bonds is 14. The number of imidazole rings is 1. The largest absolute Gasteiger partial charge is 0.475 e. The van der Waals surface area contributed by atoms with Gasteiger partial charge in [-0.05, 0) is 55.8 Å². The van der Waals surface area contributed by atoms with Crippen LogP contribution in [-0.2, 0) is 21.8 Å². The highest BCUT2D eigenvalue weighted by atomic mass is 35.5. The van der Waals surface area contributed by atoms with E-state index >= 15 is 0 Å². The number of hydrogen-bond acceptors (Lipinski definition) is 9. The number of halogens is 2. The Morgan fingerprint density at radius 3 is 2.55 bits per heavy atom. The van der Waals surface area contributed by atoms with Crippen molar-refractivity contribution in [3.8, 4) is 11.6 Å². The van der Waals surface area contributed by atoms with Gasteiger partial charge in [0.15, 0.2) is 0 Å². The number of benzene rings is 2. The van der Waals surface area contributed by atoms with Crippen LogP contribution in [0.25, 0.3) is 5.69 Å². The van der Waals surface area contributed by atoms with Crippen LogP contribution in [0.15, 0.2) is 90.6 Å². The van der Waals surface area contributed by atoms with E-state index in [-0.39, 0.29) is 24.4 Å². The average Bonchev–Trinajstić information content (AvgIpc) is 3.84. The van der Waals surface area contributed by atoms with Crippen molar-refractivity contribution in [2.75, 3.05) is 36.9 Å². The highest BCUT2D eigenvalue weighted by molar-refractivity contribution is 6.35. The zero-order chi connectivity index (χ0) is 32.8. The van der Waals surface area contributed by atoms with Gasteiger partial charge in [0, 0.05) is 47.8 Å². The van der Waals surface area contributed by atoms with Crippen molar-refractivity contribution < 1.29 is 14.2 Å². The van der Waals surface area contributed by atoms with Crippen molar-refractivity contribution >= 4 is 34.6 Å². The van der Waals surface area contributed by atoms with E-state index in [2.05, 4.69) is 25.7 Å². The van der Waals surface area contributed by atoms with Crippen LogP contribution >= 0.6 is 23.2 Å². The summed E-state index contributed by atoms with van der Waals surface area (Å²) < 4.78 is 23.6. The summed E-state index contributed by atoms with van der Waals surface area (Å²) in [6.45, 7) is 6.28. The highest BCUT2D eigenvalue weighted by Crippen LogP contribution is 2.40. The SMILES string of the molecule is CCC(C)n1ncn(-c2ccc(NCCNc3ccc(OC[C@@H]4CO[C@@](Cn5ccnc5)(c5ccc(Cl)cc5Cl)O4)nc3)cc2)c1=O. The molecule has 1 aliphatic rings. The van der Waals surface area contributed by atoms with Gasteiger partial charge in [0.05, 0.1) is 48.1 Å². The third-order valence-electron chi connectivity index (χ3n) is 7.93. The molecule has 1 fully saturated rings. The van der Waals surface area contributed by atoms with Gasteiger partial charge in [-0.1, -0.05) is 36.2 Å². The van der Waals surface area contributed by atoms with Crippen molar-refractivity contribution in [3.63, 3.8) is 0 Å². The minimum atomic E-state index is -1.12. The second-order valence-corrected chi connectivity index (χ2v) is 12.1. The summed E-state index contributed by atoms with van der Waals surface area (Å²) in [6, 6.07) is 16.7. The van der Waals surface area contributed by atoms with Gasteiger partial charge < -0.3 is 29.4 Å². The molecule has 12 nitrogen and oxygen atoms in total. The molecule has 1 aliphatic heterocycles. The number of nitrogens with one attached hydrogen (secondary N) is 2. The summed E-state index contributed by atoms with van der Waals surface area (Å²) in [6.07, 6.45) is 9.01. The molecule has 3 atom stereocenters. The van der Waals surface area contributed by atoms with E-state index < -0.39 is 5.79 Å². The standard InChI is InChI=1S/C33H36Cl2N8O4/c1-3-23(2)43-32(44)42(22-40-43)27-8-5-25(6-9-27)37-12-13-38-26-7-11-31(39-17-26)45-18-28-19-46-33(47-28,20-41-15-14-36-21-41)29-10-4-24(34)16-30(29)35/h4-11,14-17,21-23,28,37-38H,3,12-13,18-20H2,1-2H3/t23?,28-,33-/m1/s1. The third kappa shape index (κ3) is 7.62. The number of pyridine rings is 1. The van der Waals surface area contributed by atoms with Gasteiger partial charge in [-0.2, -0.15) is 5.10 Å². The minimum Gasteiger partial charge on any atom is -0.475 e. The van der Waals surface area contributed by atoms with Crippen LogP contribution in [0.2, 0.25) is 10.0 Å². The van der Waals surface area contributed by atoms with E-state index in [0.717, 1.165) is 23.5 Å². The maximum Gasteiger partial charge on any atom is 0.350 e. The van der Waals surface area contributed by atoms with Crippen LogP contribution in [0, 0.1) is 0 Å². The molecule has 0 radical (unpaired) electrons. The first kappa shape index (κ1) is 32.6. The summed E-state index contributed by atoms with van der Waals surface area (Å²) in [5.74, 6) is -0.646. The Hall–Kier alpha value is -4.36. The smallest absolute Gasteiger partial charge is 0.350 e. The fourth-order valence-corrected chi connectivity index (χ4v) is 5.80. The van der Waals surface area contributed by atoms with E-state index in [9.17, 15) is 4.79 Å². The van der Waals surface area contributed by atoms with Gasteiger partial charge >= 0.3 is 5.69 Å². The lowest BCUT2D eigenvalue weighted by atomic mass is 10.1. The summed E-state index contributed by atoms with van der Waals surface area (Å²) in [5, 5.41) is 12.0. The molecule has 5 aromatic rings. The molecule has 0 amide bonds. The average molecular weight is 680 g/mol. The number of anilines is 2. The molecule has 0 bridgehead atoms. The van der Waals surface area contributed by atoms with E-state index in [4.69, 9.17) is 37.4 Å². The summed E-state index contributed by atoms with van der Waals surface area (Å²) >= 11 is 12.7. The second-order valence-electron chi connectivity index (χ2n) is 11.2. The van der Waals surface area contributed by atoms with Crippen LogP contribution < -0.4 is 21.1 Å². The molecule has 2 aromatic carbocycles. The van der Waals surface area contributed by atoms with Crippen molar-refractivity contribution in [2.45, 2.75) is 44.7 Å². The molecule has 47 heavy (non-hydrogen) atoms. The van der Waals surface area contributed by atoms with Crippen molar-refractivity contribution in [1.82, 2.24) is 28.9 Å². The van der Waals surface area contributed by atoms with Gasteiger partial charge in [0.25, 0.3) is 0 Å². The lowest BCUT2D eigenvalue weighted by molar-refractivity contribution is -0.189. The summed E-state index contributed by atoms with van der Waals surface area (Å²) in [5.41, 5.74) is 3.13. The predicted octanol–water partition coefficient (Wildman–Crippen LogP) is 5.77. The van der Waals surface area contributed by atoms with Gasteiger partial charge in [-0.3, -0.25) is 0 Å². The van der Waals surface area contributed by atoms with Gasteiger partial charge in [0.2, 0.25) is 11.7 Å². The van der Waals surface area contributed by atoms with Crippen LogP contribution in [0.1, 0.15) is 31.9 Å². The Balaban J connectivity index is 0.967. The first-order valence-corrected chi connectivity index (χ1v) is 16.2. The van der Waals surface area contributed by atoms with Crippen LogP contribution in [-0.4, -0.2) is 61.3 Å². The molecule has 0 saturated carbocycles. The molecule has 2 N–H and O–H groups in total. The Kier molecular flexibility index (Phi) is 10.1. The Bertz CT molecular complexity index is 1810. The lowest BCUT2D eigenvalue weighted by Gasteiger charge is -2.29. The summed E-state index contributed by atoms with van der Waals surface area (Å²) in [7, 11) is 0. The number of aromatic nitrogens is 6. The maximum absolute atomic E-state index is 12.7. The zero-order valence-corrected chi connectivity index (χ0v) is 27.6. The van der Waals surface area contributed by atoms with Crippen LogP contribution in [0.5, 0.6) is 5.88 Å². The molecular formula is C33H36Cl2N8O4. The first-order chi connectivity index (χ1) is 22.8. The van der Waals surface area contributed by atoms with E-state index in [0.29, 0.717) is 47.7 Å². The lowest BCUT2D eigenvalue weighted by Crippen LogP contribution is -2.34. The molecule has 1 unspecified atom stereocenters. The maximum atomic E-state index is 12.7. The number of nitrogens with zero attached hydrogens (tertiary/aromatic N) is 6. The summed E-state index contributed by atoms with van der Waals surface area (Å²) in [4.78, 5) is 21.2. The number of hydrogen-bond donors (Lipinski definition) is 2. The van der Waals surface area contributed by atoms with E-state index in [1.165, 1.54) is 4.68 Å². The van der Waals surface area contributed by atoms with Crippen molar-refractivity contribution in [1.29, 1.82) is 0 Å². The normalized spacial score (nSPS) is 18.3. The molecule has 1 saturated heterocycles. The fourth-order valence-electron chi connectivity index (χ4n) is 5.25. The highest BCUT2D eigenvalue weighted by Gasteiger charge is 2.45. The first-order valence-electron chi connectivity index (χ1n) is 15.4. The molecule has 6 rings (SSSR count). The topological polar surface area (TPSA) is 122 Å². The molecule has 0 aliphatic carbocycles. The Morgan fingerprint density at radius 2 is 1.85 bits per heavy atom. The van der Waals surface area contributed by atoms with Gasteiger partial charge in [-0.25, -0.2) is 24.0 Å². The van der Waals surface area contributed by atoms with Gasteiger partial charge in [0.1, 0.15) is 19.0 Å². The molecule has 0 spiro atoms. The van der Waals surface area contributed by atoms with Crippen LogP contribution in [0.4, 0.5) is 11.4 Å². The molecule has 246 valence electrons.